The molecule has 2 N–H and O–H groups in total. The molecule has 0 radical (unpaired) electrons. The zero-order valence-corrected chi connectivity index (χ0v) is 12.2. The summed E-state index contributed by atoms with van der Waals surface area (Å²) in [5.74, 6) is 0.765. The first-order chi connectivity index (χ1) is 8.74. The first-order valence-corrected chi connectivity index (χ1v) is 7.24. The predicted molar refractivity (Wildman–Crippen MR) is 76.1 cm³/mol. The van der Waals surface area contributed by atoms with E-state index in [2.05, 4.69) is 43.0 Å². The molecular weight excluding hydrogens is 296 g/mol. The van der Waals surface area contributed by atoms with Gasteiger partial charge in [0, 0.05) is 19.1 Å². The van der Waals surface area contributed by atoms with Gasteiger partial charge in [0.25, 0.3) is 5.56 Å². The van der Waals surface area contributed by atoms with Crippen molar-refractivity contribution in [1.82, 2.24) is 15.3 Å². The number of nitrogens with one attached hydrogen (secondary N) is 2. The molecule has 0 amide bonds. The Labute approximate surface area is 115 Å². The lowest BCUT2D eigenvalue weighted by Crippen LogP contribution is -2.46. The highest BCUT2D eigenvalue weighted by atomic mass is 79.9. The fraction of sp³-hybridized carbons (Fsp3) is 0.667. The normalized spacial score (nSPS) is 20.1. The smallest absolute Gasteiger partial charge is 0.267 e. The summed E-state index contributed by atoms with van der Waals surface area (Å²) < 4.78 is 0.536. The SMILES string of the molecule is CCNCC1CCCCN1c1nc[nH]c(=O)c1Br. The van der Waals surface area contributed by atoms with E-state index in [1.807, 2.05) is 0 Å². The van der Waals surface area contributed by atoms with Crippen LogP contribution in [0.4, 0.5) is 5.82 Å². The van der Waals surface area contributed by atoms with E-state index in [4.69, 9.17) is 0 Å². The minimum atomic E-state index is -0.118. The number of anilines is 1. The topological polar surface area (TPSA) is 61.0 Å². The minimum Gasteiger partial charge on any atom is -0.351 e. The molecule has 1 unspecified atom stereocenters. The number of H-pyrrole nitrogens is 1. The van der Waals surface area contributed by atoms with E-state index in [0.29, 0.717) is 10.5 Å². The van der Waals surface area contributed by atoms with Gasteiger partial charge in [-0.2, -0.15) is 0 Å². The van der Waals surface area contributed by atoms with Crippen LogP contribution in [0, 0.1) is 0 Å². The summed E-state index contributed by atoms with van der Waals surface area (Å²) in [6, 6.07) is 0.421. The van der Waals surface area contributed by atoms with Gasteiger partial charge < -0.3 is 15.2 Å². The van der Waals surface area contributed by atoms with Crippen molar-refractivity contribution >= 4 is 21.7 Å². The minimum absolute atomic E-state index is 0.118. The molecule has 6 heteroatoms. The van der Waals surface area contributed by atoms with Crippen LogP contribution in [0.2, 0.25) is 0 Å². The van der Waals surface area contributed by atoms with Crippen LogP contribution in [-0.2, 0) is 0 Å². The molecule has 0 bridgehead atoms. The van der Waals surface area contributed by atoms with Gasteiger partial charge in [-0.15, -0.1) is 0 Å². The molecule has 0 aliphatic carbocycles. The van der Waals surface area contributed by atoms with Crippen molar-refractivity contribution in [3.8, 4) is 0 Å². The van der Waals surface area contributed by atoms with E-state index in [-0.39, 0.29) is 5.56 Å². The van der Waals surface area contributed by atoms with Gasteiger partial charge in [-0.05, 0) is 41.7 Å². The van der Waals surface area contributed by atoms with Crippen molar-refractivity contribution in [2.45, 2.75) is 32.2 Å². The second kappa shape index (κ2) is 6.33. The molecular formula is C12H19BrN4O. The van der Waals surface area contributed by atoms with Gasteiger partial charge in [-0.1, -0.05) is 6.92 Å². The van der Waals surface area contributed by atoms with E-state index in [0.717, 1.165) is 38.3 Å². The van der Waals surface area contributed by atoms with E-state index in [1.165, 1.54) is 12.7 Å². The first kappa shape index (κ1) is 13.5. The third kappa shape index (κ3) is 2.92. The van der Waals surface area contributed by atoms with Crippen molar-refractivity contribution < 1.29 is 0 Å². The third-order valence-electron chi connectivity index (χ3n) is 3.31. The van der Waals surface area contributed by atoms with Gasteiger partial charge in [-0.25, -0.2) is 4.98 Å². The molecule has 5 nitrogen and oxygen atoms in total. The summed E-state index contributed by atoms with van der Waals surface area (Å²) in [6.45, 7) is 4.98. The third-order valence-corrected chi connectivity index (χ3v) is 4.02. The van der Waals surface area contributed by atoms with Gasteiger partial charge >= 0.3 is 0 Å². The van der Waals surface area contributed by atoms with Crippen molar-refractivity contribution in [2.24, 2.45) is 0 Å². The van der Waals surface area contributed by atoms with E-state index < -0.39 is 0 Å². The molecule has 1 saturated heterocycles. The molecule has 100 valence electrons. The maximum atomic E-state index is 11.6. The van der Waals surface area contributed by atoms with Crippen molar-refractivity contribution in [2.75, 3.05) is 24.5 Å². The Morgan fingerprint density at radius 2 is 2.44 bits per heavy atom. The van der Waals surface area contributed by atoms with Gasteiger partial charge in [0.05, 0.1) is 6.33 Å². The summed E-state index contributed by atoms with van der Waals surface area (Å²) in [4.78, 5) is 20.8. The Morgan fingerprint density at radius 1 is 1.61 bits per heavy atom. The highest BCUT2D eigenvalue weighted by molar-refractivity contribution is 9.10. The predicted octanol–water partition coefficient (Wildman–Crippen LogP) is 1.50. The molecule has 1 aromatic rings. The lowest BCUT2D eigenvalue weighted by atomic mass is 10.0. The standard InChI is InChI=1S/C12H19BrN4O/c1-2-14-7-9-5-3-4-6-17(9)11-10(13)12(18)16-8-15-11/h8-9,14H,2-7H2,1H3,(H,15,16,18). The number of rotatable bonds is 4. The van der Waals surface area contributed by atoms with Crippen molar-refractivity contribution in [3.63, 3.8) is 0 Å². The summed E-state index contributed by atoms with van der Waals surface area (Å²) in [7, 11) is 0. The molecule has 18 heavy (non-hydrogen) atoms. The van der Waals surface area contributed by atoms with Crippen LogP contribution in [0.1, 0.15) is 26.2 Å². The van der Waals surface area contributed by atoms with Gasteiger partial charge in [0.15, 0.2) is 5.82 Å². The average molecular weight is 315 g/mol. The molecule has 1 aliphatic heterocycles. The molecule has 1 fully saturated rings. The molecule has 1 aromatic heterocycles. The number of hydrogen-bond donors (Lipinski definition) is 2. The number of aromatic nitrogens is 2. The Kier molecular flexibility index (Phi) is 4.77. The number of halogens is 1. The maximum absolute atomic E-state index is 11.6. The second-order valence-electron chi connectivity index (χ2n) is 4.52. The Morgan fingerprint density at radius 3 is 3.22 bits per heavy atom. The molecule has 1 atom stereocenters. The van der Waals surface area contributed by atoms with Crippen LogP contribution in [-0.4, -0.2) is 35.6 Å². The van der Waals surface area contributed by atoms with Crippen LogP contribution in [0.25, 0.3) is 0 Å². The Hall–Kier alpha value is -0.880. The summed E-state index contributed by atoms with van der Waals surface area (Å²) in [5.41, 5.74) is -0.118. The summed E-state index contributed by atoms with van der Waals surface area (Å²) in [6.07, 6.45) is 5.02. The van der Waals surface area contributed by atoms with E-state index in [1.54, 1.807) is 0 Å². The maximum Gasteiger partial charge on any atom is 0.267 e. The highest BCUT2D eigenvalue weighted by Crippen LogP contribution is 2.26. The zero-order chi connectivity index (χ0) is 13.0. The molecule has 2 heterocycles. The number of aromatic amines is 1. The Balaban J connectivity index is 2.22. The highest BCUT2D eigenvalue weighted by Gasteiger charge is 2.25. The molecule has 1 aliphatic rings. The van der Waals surface area contributed by atoms with Crippen LogP contribution >= 0.6 is 15.9 Å². The van der Waals surface area contributed by atoms with E-state index >= 15 is 0 Å². The number of likely N-dealkylation sites (N-methyl/N-ethyl adjacent to an activating group) is 1. The molecule has 0 spiro atoms. The largest absolute Gasteiger partial charge is 0.351 e. The van der Waals surface area contributed by atoms with Gasteiger partial charge in [0.2, 0.25) is 0 Å². The molecule has 2 rings (SSSR count). The van der Waals surface area contributed by atoms with Crippen molar-refractivity contribution in [1.29, 1.82) is 0 Å². The number of hydrogen-bond acceptors (Lipinski definition) is 4. The summed E-state index contributed by atoms with van der Waals surface area (Å²) >= 11 is 3.34. The zero-order valence-electron chi connectivity index (χ0n) is 10.6. The molecule has 0 aromatic carbocycles. The fourth-order valence-corrected chi connectivity index (χ4v) is 2.82. The fourth-order valence-electron chi connectivity index (χ4n) is 2.38. The second-order valence-corrected chi connectivity index (χ2v) is 5.31. The lowest BCUT2D eigenvalue weighted by Gasteiger charge is -2.37. The van der Waals surface area contributed by atoms with E-state index in [9.17, 15) is 4.79 Å². The number of piperidine rings is 1. The summed E-state index contributed by atoms with van der Waals surface area (Å²) in [5, 5.41) is 3.38. The number of nitrogens with zero attached hydrogens (tertiary/aromatic N) is 2. The van der Waals surface area contributed by atoms with Crippen LogP contribution in [0.5, 0.6) is 0 Å². The van der Waals surface area contributed by atoms with Crippen molar-refractivity contribution in [3.05, 3.63) is 21.2 Å². The average Bonchev–Trinajstić information content (AvgIpc) is 2.40. The Bertz CT molecular complexity index is 448. The van der Waals surface area contributed by atoms with Gasteiger partial charge in [-0.3, -0.25) is 4.79 Å². The molecule has 0 saturated carbocycles. The van der Waals surface area contributed by atoms with Crippen LogP contribution in [0.15, 0.2) is 15.6 Å². The lowest BCUT2D eigenvalue weighted by molar-refractivity contribution is 0.435. The first-order valence-electron chi connectivity index (χ1n) is 6.44. The van der Waals surface area contributed by atoms with Crippen LogP contribution in [0.3, 0.4) is 0 Å². The monoisotopic (exact) mass is 314 g/mol. The van der Waals surface area contributed by atoms with Crippen LogP contribution < -0.4 is 15.8 Å². The van der Waals surface area contributed by atoms with Gasteiger partial charge in [0.1, 0.15) is 4.47 Å². The quantitative estimate of drug-likeness (QED) is 0.884.